The normalized spacial score (nSPS) is 10.6. The number of para-hydroxylation sites is 1. The van der Waals surface area contributed by atoms with Gasteiger partial charge in [0.15, 0.2) is 6.61 Å². The van der Waals surface area contributed by atoms with Gasteiger partial charge in [-0.3, -0.25) is 4.79 Å². The molecule has 0 spiro atoms. The molecule has 138 valence electrons. The van der Waals surface area contributed by atoms with Crippen molar-refractivity contribution in [2.75, 3.05) is 19.0 Å². The van der Waals surface area contributed by atoms with Crippen LogP contribution in [0.3, 0.4) is 0 Å². The average Bonchev–Trinajstić information content (AvgIpc) is 2.71. The van der Waals surface area contributed by atoms with E-state index in [-0.39, 0.29) is 5.57 Å². The summed E-state index contributed by atoms with van der Waals surface area (Å²) in [7, 11) is 1.55. The number of benzene rings is 2. The van der Waals surface area contributed by atoms with E-state index < -0.39 is 18.5 Å². The van der Waals surface area contributed by atoms with E-state index in [1.165, 1.54) is 6.08 Å². The lowest BCUT2D eigenvalue weighted by atomic mass is 10.1. The van der Waals surface area contributed by atoms with Crippen LogP contribution < -0.4 is 10.1 Å². The Morgan fingerprint density at radius 3 is 2.48 bits per heavy atom. The number of nitriles is 1. The van der Waals surface area contributed by atoms with Crippen molar-refractivity contribution in [2.24, 2.45) is 0 Å². The van der Waals surface area contributed by atoms with E-state index >= 15 is 0 Å². The highest BCUT2D eigenvalue weighted by Gasteiger charge is 2.14. The van der Waals surface area contributed by atoms with Gasteiger partial charge in [0.1, 0.15) is 17.4 Å². The third-order valence-corrected chi connectivity index (χ3v) is 3.77. The summed E-state index contributed by atoms with van der Waals surface area (Å²) in [5.74, 6) is -0.657. The smallest absolute Gasteiger partial charge is 0.349 e. The molecule has 0 aliphatic rings. The number of ether oxygens (including phenoxy) is 2. The summed E-state index contributed by atoms with van der Waals surface area (Å²) < 4.78 is 10.0. The van der Waals surface area contributed by atoms with Gasteiger partial charge < -0.3 is 14.8 Å². The van der Waals surface area contributed by atoms with Gasteiger partial charge in [-0.1, -0.05) is 37.3 Å². The molecular weight excluding hydrogens is 344 g/mol. The van der Waals surface area contributed by atoms with Crippen LogP contribution in [0.25, 0.3) is 6.08 Å². The first-order valence-corrected chi connectivity index (χ1v) is 8.38. The molecule has 0 heterocycles. The molecule has 2 aromatic rings. The van der Waals surface area contributed by atoms with Gasteiger partial charge in [-0.05, 0) is 41.8 Å². The number of carbonyl (C=O) groups is 2. The van der Waals surface area contributed by atoms with E-state index in [1.807, 2.05) is 25.1 Å². The van der Waals surface area contributed by atoms with Crippen LogP contribution in [0.15, 0.2) is 54.1 Å². The minimum Gasteiger partial charge on any atom is -0.497 e. The monoisotopic (exact) mass is 364 g/mol. The number of amides is 1. The van der Waals surface area contributed by atoms with Gasteiger partial charge in [-0.15, -0.1) is 0 Å². The van der Waals surface area contributed by atoms with Gasteiger partial charge >= 0.3 is 5.97 Å². The predicted molar refractivity (Wildman–Crippen MR) is 102 cm³/mol. The Morgan fingerprint density at radius 2 is 1.85 bits per heavy atom. The maximum absolute atomic E-state index is 12.1. The summed E-state index contributed by atoms with van der Waals surface area (Å²) in [6.45, 7) is 1.51. The molecule has 0 saturated heterocycles. The van der Waals surface area contributed by atoms with Gasteiger partial charge in [0.2, 0.25) is 0 Å². The van der Waals surface area contributed by atoms with Gasteiger partial charge in [-0.2, -0.15) is 5.26 Å². The molecule has 6 heteroatoms. The maximum atomic E-state index is 12.1. The van der Waals surface area contributed by atoms with Crippen molar-refractivity contribution in [3.05, 3.63) is 65.2 Å². The zero-order valence-electron chi connectivity index (χ0n) is 15.2. The van der Waals surface area contributed by atoms with Crippen molar-refractivity contribution in [2.45, 2.75) is 13.3 Å². The zero-order chi connectivity index (χ0) is 19.6. The zero-order valence-corrected chi connectivity index (χ0v) is 15.2. The molecule has 0 radical (unpaired) electrons. The molecule has 27 heavy (non-hydrogen) atoms. The Bertz CT molecular complexity index is 880. The van der Waals surface area contributed by atoms with Gasteiger partial charge in [0.05, 0.1) is 7.11 Å². The van der Waals surface area contributed by atoms with Crippen molar-refractivity contribution >= 4 is 23.6 Å². The molecule has 1 amide bonds. The molecule has 0 aromatic heterocycles. The summed E-state index contributed by atoms with van der Waals surface area (Å²) in [5.41, 5.74) is 2.11. The predicted octanol–water partition coefficient (Wildman–Crippen LogP) is 3.35. The van der Waals surface area contributed by atoms with Crippen LogP contribution in [0.2, 0.25) is 0 Å². The fourth-order valence-electron chi connectivity index (χ4n) is 2.35. The molecule has 0 atom stereocenters. The Kier molecular flexibility index (Phi) is 7.15. The first-order valence-electron chi connectivity index (χ1n) is 8.38. The minimum absolute atomic E-state index is 0.193. The second-order valence-electron chi connectivity index (χ2n) is 5.58. The molecular formula is C21H20N2O4. The van der Waals surface area contributed by atoms with Crippen molar-refractivity contribution in [3.63, 3.8) is 0 Å². The number of hydrogen-bond acceptors (Lipinski definition) is 5. The second-order valence-corrected chi connectivity index (χ2v) is 5.58. The third kappa shape index (κ3) is 5.72. The van der Waals surface area contributed by atoms with Crippen LogP contribution in [0.4, 0.5) is 5.69 Å². The van der Waals surface area contributed by atoms with E-state index in [1.54, 1.807) is 43.5 Å². The van der Waals surface area contributed by atoms with E-state index in [0.717, 1.165) is 12.0 Å². The number of hydrogen-bond donors (Lipinski definition) is 1. The van der Waals surface area contributed by atoms with Crippen LogP contribution in [0.5, 0.6) is 5.75 Å². The SMILES string of the molecule is CCc1ccccc1NC(=O)COC(=O)/C(C#N)=C/c1ccc(OC)cc1. The molecule has 0 fully saturated rings. The van der Waals surface area contributed by atoms with Crippen LogP contribution in [0.1, 0.15) is 18.1 Å². The van der Waals surface area contributed by atoms with E-state index in [2.05, 4.69) is 5.32 Å². The largest absolute Gasteiger partial charge is 0.497 e. The average molecular weight is 364 g/mol. The minimum atomic E-state index is -0.854. The fourth-order valence-corrected chi connectivity index (χ4v) is 2.35. The van der Waals surface area contributed by atoms with Crippen LogP contribution in [-0.4, -0.2) is 25.6 Å². The maximum Gasteiger partial charge on any atom is 0.349 e. The summed E-state index contributed by atoms with van der Waals surface area (Å²) >= 11 is 0. The lowest BCUT2D eigenvalue weighted by molar-refractivity contribution is -0.142. The molecule has 0 saturated carbocycles. The summed E-state index contributed by atoms with van der Waals surface area (Å²) in [5, 5.41) is 11.9. The topological polar surface area (TPSA) is 88.4 Å². The number of anilines is 1. The first kappa shape index (κ1) is 19.7. The molecule has 1 N–H and O–H groups in total. The number of esters is 1. The highest BCUT2D eigenvalue weighted by Crippen LogP contribution is 2.16. The molecule has 2 rings (SSSR count). The summed E-state index contributed by atoms with van der Waals surface area (Å²) in [4.78, 5) is 24.1. The number of methoxy groups -OCH3 is 1. The third-order valence-electron chi connectivity index (χ3n) is 3.77. The fraction of sp³-hybridized carbons (Fsp3) is 0.190. The molecule has 2 aromatic carbocycles. The van der Waals surface area contributed by atoms with Gasteiger partial charge in [0, 0.05) is 5.69 Å². The highest BCUT2D eigenvalue weighted by molar-refractivity contribution is 6.00. The quantitative estimate of drug-likeness (QED) is 0.462. The molecule has 0 aliphatic carbocycles. The Balaban J connectivity index is 1.97. The van der Waals surface area contributed by atoms with E-state index in [9.17, 15) is 14.9 Å². The Hall–Kier alpha value is -3.59. The van der Waals surface area contributed by atoms with E-state index in [0.29, 0.717) is 17.0 Å². The van der Waals surface area contributed by atoms with E-state index in [4.69, 9.17) is 9.47 Å². The Labute approximate surface area is 158 Å². The molecule has 0 aliphatic heterocycles. The lowest BCUT2D eigenvalue weighted by Gasteiger charge is -2.09. The van der Waals surface area contributed by atoms with Crippen LogP contribution >= 0.6 is 0 Å². The number of aryl methyl sites for hydroxylation is 1. The number of rotatable bonds is 7. The molecule has 6 nitrogen and oxygen atoms in total. The van der Waals surface area contributed by atoms with Gasteiger partial charge in [0.25, 0.3) is 5.91 Å². The summed E-state index contributed by atoms with van der Waals surface area (Å²) in [6.07, 6.45) is 2.16. The van der Waals surface area contributed by atoms with Crippen molar-refractivity contribution in [3.8, 4) is 11.8 Å². The first-order chi connectivity index (χ1) is 13.1. The lowest BCUT2D eigenvalue weighted by Crippen LogP contribution is -2.22. The van der Waals surface area contributed by atoms with Gasteiger partial charge in [-0.25, -0.2) is 4.79 Å². The molecule has 0 unspecified atom stereocenters. The van der Waals surface area contributed by atoms with Crippen LogP contribution in [-0.2, 0) is 20.7 Å². The van der Waals surface area contributed by atoms with Crippen LogP contribution in [0, 0.1) is 11.3 Å². The number of nitrogens with one attached hydrogen (secondary N) is 1. The van der Waals surface area contributed by atoms with Crippen molar-refractivity contribution in [1.82, 2.24) is 0 Å². The standard InChI is InChI=1S/C21H20N2O4/c1-3-16-6-4-5-7-19(16)23-20(24)14-27-21(25)17(13-22)12-15-8-10-18(26-2)11-9-15/h4-12H,3,14H2,1-2H3,(H,23,24)/b17-12+. The second kappa shape index (κ2) is 9.78. The number of carbonyl (C=O) groups excluding carboxylic acids is 2. The number of nitrogens with zero attached hydrogens (tertiary/aromatic N) is 1. The van der Waals surface area contributed by atoms with Crippen molar-refractivity contribution < 1.29 is 19.1 Å². The Morgan fingerprint density at radius 1 is 1.15 bits per heavy atom. The van der Waals surface area contributed by atoms with Crippen molar-refractivity contribution in [1.29, 1.82) is 5.26 Å². The molecule has 0 bridgehead atoms. The summed E-state index contributed by atoms with van der Waals surface area (Å²) in [6, 6.07) is 16.0. The highest BCUT2D eigenvalue weighted by atomic mass is 16.5.